The maximum absolute atomic E-state index is 2.46. The maximum Gasteiger partial charge on any atom is 0.0725 e. The van der Waals surface area contributed by atoms with Crippen molar-refractivity contribution in [3.05, 3.63) is 235 Å². The van der Waals surface area contributed by atoms with Gasteiger partial charge in [0.2, 0.25) is 0 Å². The van der Waals surface area contributed by atoms with Gasteiger partial charge >= 0.3 is 0 Å². The minimum Gasteiger partial charge on any atom is -0.310 e. The zero-order valence-electron chi connectivity index (χ0n) is 32.1. The van der Waals surface area contributed by atoms with Gasteiger partial charge in [-0.05, 0) is 138 Å². The Morgan fingerprint density at radius 3 is 1.76 bits per heavy atom. The Balaban J connectivity index is 0.974. The van der Waals surface area contributed by atoms with Crippen LogP contribution in [0.3, 0.4) is 0 Å². The highest BCUT2D eigenvalue weighted by Crippen LogP contribution is 2.64. The van der Waals surface area contributed by atoms with E-state index in [1.807, 2.05) is 11.3 Å². The number of hydrogen-bond acceptors (Lipinski definition) is 2. The highest BCUT2D eigenvalue weighted by atomic mass is 32.1. The highest BCUT2D eigenvalue weighted by molar-refractivity contribution is 7.25. The summed E-state index contributed by atoms with van der Waals surface area (Å²) in [5, 5.41) is 7.65. The van der Waals surface area contributed by atoms with Crippen molar-refractivity contribution in [3.63, 3.8) is 0 Å². The van der Waals surface area contributed by atoms with E-state index in [1.165, 1.54) is 97.4 Å². The van der Waals surface area contributed by atoms with E-state index >= 15 is 0 Å². The highest BCUT2D eigenvalue weighted by Gasteiger charge is 2.51. The molecule has 11 aromatic rings. The van der Waals surface area contributed by atoms with Crippen molar-refractivity contribution < 1.29 is 0 Å². The van der Waals surface area contributed by atoms with Crippen LogP contribution in [0.4, 0.5) is 17.1 Å². The second-order valence-corrected chi connectivity index (χ2v) is 17.1. The number of rotatable bonds is 4. The van der Waals surface area contributed by atoms with Crippen LogP contribution < -0.4 is 4.90 Å². The Kier molecular flexibility index (Phi) is 6.87. The molecule has 0 saturated heterocycles. The third-order valence-electron chi connectivity index (χ3n) is 13.0. The van der Waals surface area contributed by atoms with Gasteiger partial charge in [0.15, 0.2) is 0 Å². The molecular weight excluding hydrogens is 731 g/mol. The molecular formula is C57H35NS. The molecule has 274 valence electrons. The van der Waals surface area contributed by atoms with Gasteiger partial charge in [0.1, 0.15) is 0 Å². The lowest BCUT2D eigenvalue weighted by Crippen LogP contribution is -2.25. The SMILES string of the molecule is c1ccc(N(c2ccc3ccccc3c2)c2ccc3sc4ccc(-c5ccc6c(c5)-c5ccccc5C65c6ccccc6-c6c5ccc5ccccc65)cc4c3c2)cc1. The van der Waals surface area contributed by atoms with Crippen LogP contribution in [0.15, 0.2) is 212 Å². The van der Waals surface area contributed by atoms with Crippen molar-refractivity contribution in [2.24, 2.45) is 0 Å². The van der Waals surface area contributed by atoms with Gasteiger partial charge in [-0.2, -0.15) is 0 Å². The lowest BCUT2D eigenvalue weighted by atomic mass is 9.70. The van der Waals surface area contributed by atoms with E-state index < -0.39 is 0 Å². The summed E-state index contributed by atoms with van der Waals surface area (Å²) in [7, 11) is 0. The second kappa shape index (κ2) is 12.4. The van der Waals surface area contributed by atoms with Crippen molar-refractivity contribution in [2.45, 2.75) is 5.41 Å². The van der Waals surface area contributed by atoms with Crippen LogP contribution in [-0.4, -0.2) is 0 Å². The second-order valence-electron chi connectivity index (χ2n) is 16.0. The molecule has 0 saturated carbocycles. The van der Waals surface area contributed by atoms with Gasteiger partial charge in [-0.15, -0.1) is 11.3 Å². The van der Waals surface area contributed by atoms with Gasteiger partial charge < -0.3 is 4.90 Å². The fourth-order valence-electron chi connectivity index (χ4n) is 10.5. The first kappa shape index (κ1) is 32.8. The molecule has 0 N–H and O–H groups in total. The minimum absolute atomic E-state index is 0.375. The fourth-order valence-corrected chi connectivity index (χ4v) is 11.6. The molecule has 0 bridgehead atoms. The van der Waals surface area contributed by atoms with E-state index in [1.54, 1.807) is 0 Å². The smallest absolute Gasteiger partial charge is 0.0725 e. The van der Waals surface area contributed by atoms with Crippen LogP contribution in [0, 0.1) is 0 Å². The first-order chi connectivity index (χ1) is 29.2. The molecule has 2 heteroatoms. The molecule has 1 aromatic heterocycles. The molecule has 59 heavy (non-hydrogen) atoms. The lowest BCUT2D eigenvalue weighted by Gasteiger charge is -2.30. The number of fused-ring (bicyclic) bond motifs is 16. The van der Waals surface area contributed by atoms with E-state index in [4.69, 9.17) is 0 Å². The summed E-state index contributed by atoms with van der Waals surface area (Å²) >= 11 is 1.87. The van der Waals surface area contributed by atoms with E-state index in [0.29, 0.717) is 0 Å². The van der Waals surface area contributed by atoms with Gasteiger partial charge in [-0.3, -0.25) is 0 Å². The third kappa shape index (κ3) is 4.61. The van der Waals surface area contributed by atoms with Gasteiger partial charge in [0.05, 0.1) is 5.41 Å². The summed E-state index contributed by atoms with van der Waals surface area (Å²) < 4.78 is 2.60. The quantitative estimate of drug-likeness (QED) is 0.172. The molecule has 0 radical (unpaired) electrons. The Morgan fingerprint density at radius 2 is 0.898 bits per heavy atom. The molecule has 0 aliphatic heterocycles. The molecule has 13 rings (SSSR count). The number of para-hydroxylation sites is 1. The van der Waals surface area contributed by atoms with Crippen molar-refractivity contribution in [2.75, 3.05) is 4.90 Å². The van der Waals surface area contributed by atoms with Crippen molar-refractivity contribution in [1.29, 1.82) is 0 Å². The average Bonchev–Trinajstić information content (AvgIpc) is 3.93. The molecule has 1 nitrogen and oxygen atoms in total. The van der Waals surface area contributed by atoms with Crippen molar-refractivity contribution in [1.82, 2.24) is 0 Å². The van der Waals surface area contributed by atoms with Crippen LogP contribution in [0.1, 0.15) is 22.3 Å². The van der Waals surface area contributed by atoms with Crippen molar-refractivity contribution >= 4 is 70.1 Å². The predicted octanol–water partition coefficient (Wildman–Crippen LogP) is 15.8. The molecule has 1 heterocycles. The molecule has 1 unspecified atom stereocenters. The van der Waals surface area contributed by atoms with E-state index in [-0.39, 0.29) is 5.41 Å². The molecule has 2 aliphatic rings. The first-order valence-corrected chi connectivity index (χ1v) is 21.2. The molecule has 1 atom stereocenters. The monoisotopic (exact) mass is 765 g/mol. The van der Waals surface area contributed by atoms with Gasteiger partial charge in [0.25, 0.3) is 0 Å². The average molecular weight is 766 g/mol. The number of benzene rings is 10. The zero-order chi connectivity index (χ0) is 38.7. The Labute approximate surface area is 346 Å². The largest absolute Gasteiger partial charge is 0.310 e. The molecule has 0 amide bonds. The number of hydrogen-bond donors (Lipinski definition) is 0. The van der Waals surface area contributed by atoms with E-state index in [9.17, 15) is 0 Å². The van der Waals surface area contributed by atoms with Crippen LogP contribution in [0.2, 0.25) is 0 Å². The summed E-state index contributed by atoms with van der Waals surface area (Å²) in [5.74, 6) is 0. The standard InChI is InChI=1S/C57H35NS/c1-2-15-41(16-3-1)58(42-26-22-36-12-4-5-14-38(36)32-42)43-27-31-55-49(35-43)48-34-40(25-30-54(48)59-55)39-24-28-52-47(33-39)45-18-8-10-20-50(45)57(52)51-21-11-9-19-46(51)56-44-17-7-6-13-37(44)23-29-53(56)57/h1-35H. The van der Waals surface area contributed by atoms with Gasteiger partial charge in [0, 0.05) is 37.2 Å². The molecule has 10 aromatic carbocycles. The van der Waals surface area contributed by atoms with E-state index in [2.05, 4.69) is 217 Å². The van der Waals surface area contributed by atoms with Gasteiger partial charge in [-0.25, -0.2) is 0 Å². The summed E-state index contributed by atoms with van der Waals surface area (Å²) in [6.07, 6.45) is 0. The Morgan fingerprint density at radius 1 is 0.322 bits per heavy atom. The van der Waals surface area contributed by atoms with E-state index in [0.717, 1.165) is 17.1 Å². The van der Waals surface area contributed by atoms with Crippen LogP contribution in [-0.2, 0) is 5.41 Å². The Bertz CT molecular complexity index is 3520. The zero-order valence-corrected chi connectivity index (χ0v) is 32.9. The number of nitrogens with zero attached hydrogens (tertiary/aromatic N) is 1. The van der Waals surface area contributed by atoms with Crippen LogP contribution >= 0.6 is 11.3 Å². The van der Waals surface area contributed by atoms with Crippen LogP contribution in [0.25, 0.3) is 75.1 Å². The summed E-state index contributed by atoms with van der Waals surface area (Å²) in [6.45, 7) is 0. The topological polar surface area (TPSA) is 3.24 Å². The summed E-state index contributed by atoms with van der Waals surface area (Å²) in [4.78, 5) is 2.38. The normalized spacial score (nSPS) is 14.8. The Hall–Kier alpha value is -7.26. The molecule has 2 aliphatic carbocycles. The lowest BCUT2D eigenvalue weighted by molar-refractivity contribution is 0.794. The number of anilines is 3. The summed E-state index contributed by atoms with van der Waals surface area (Å²) in [6, 6.07) is 79.2. The maximum atomic E-state index is 2.46. The molecule has 0 fully saturated rings. The number of thiophene rings is 1. The van der Waals surface area contributed by atoms with Crippen molar-refractivity contribution in [3.8, 4) is 33.4 Å². The third-order valence-corrected chi connectivity index (χ3v) is 14.2. The fraction of sp³-hybridized carbons (Fsp3) is 0.0175. The predicted molar refractivity (Wildman–Crippen MR) is 251 cm³/mol. The summed E-state index contributed by atoms with van der Waals surface area (Å²) in [5.41, 5.74) is 16.4. The van der Waals surface area contributed by atoms with Gasteiger partial charge in [-0.1, -0.05) is 152 Å². The molecule has 1 spiro atoms. The van der Waals surface area contributed by atoms with Crippen LogP contribution in [0.5, 0.6) is 0 Å². The minimum atomic E-state index is -0.375. The first-order valence-electron chi connectivity index (χ1n) is 20.4.